The molecule has 0 spiro atoms. The van der Waals surface area contributed by atoms with E-state index in [2.05, 4.69) is 10.4 Å². The Labute approximate surface area is 337 Å². The van der Waals surface area contributed by atoms with Crippen molar-refractivity contribution in [1.29, 1.82) is 0 Å². The lowest BCUT2D eigenvalue weighted by Gasteiger charge is -2.50. The Hall–Kier alpha value is -5.93. The Balaban J connectivity index is 1.32. The highest BCUT2D eigenvalue weighted by Gasteiger charge is 2.71. The number of pyridine rings is 1. The first-order valence-electron chi connectivity index (χ1n) is 18.1. The molecule has 0 unspecified atom stereocenters. The summed E-state index contributed by atoms with van der Waals surface area (Å²) in [7, 11) is 0. The number of aromatic nitrogens is 1. The number of imide groups is 2. The highest BCUT2D eigenvalue weighted by atomic mass is 35.5. The number of allylic oxidation sites excluding steroid dienone is 2. The summed E-state index contributed by atoms with van der Waals surface area (Å²) < 4.78 is 46.3. The summed E-state index contributed by atoms with van der Waals surface area (Å²) in [5.74, 6) is -10.3. The van der Waals surface area contributed by atoms with Gasteiger partial charge in [-0.1, -0.05) is 65.2 Å². The van der Waals surface area contributed by atoms with E-state index in [-0.39, 0.29) is 47.8 Å². The zero-order chi connectivity index (χ0) is 41.4. The first-order valence-corrected chi connectivity index (χ1v) is 18.8. The van der Waals surface area contributed by atoms with Gasteiger partial charge in [-0.05, 0) is 73.7 Å². The number of halogens is 5. The van der Waals surface area contributed by atoms with E-state index in [1.54, 1.807) is 37.3 Å². The van der Waals surface area contributed by atoms with Crippen molar-refractivity contribution in [3.63, 3.8) is 0 Å². The molecule has 3 N–H and O–H groups in total. The minimum absolute atomic E-state index is 0.0230. The Kier molecular flexibility index (Phi) is 9.51. The first kappa shape index (κ1) is 38.9. The van der Waals surface area contributed by atoms with Crippen LogP contribution in [0.2, 0.25) is 10.0 Å². The van der Waals surface area contributed by atoms with Gasteiger partial charge in [0.15, 0.2) is 17.3 Å². The molecule has 3 heterocycles. The number of alkyl halides is 3. The maximum absolute atomic E-state index is 15.4. The molecule has 2 aliphatic heterocycles. The minimum atomic E-state index is -4.79. The van der Waals surface area contributed by atoms with E-state index in [9.17, 15) is 42.6 Å². The number of ether oxygens (including phenoxy) is 1. The molecule has 1 saturated carbocycles. The van der Waals surface area contributed by atoms with Crippen molar-refractivity contribution in [1.82, 2.24) is 9.99 Å². The zero-order valence-corrected chi connectivity index (χ0v) is 31.7. The van der Waals surface area contributed by atoms with Crippen LogP contribution in [-0.4, -0.2) is 56.4 Å². The smallest absolute Gasteiger partial charge is 0.417 e. The number of phenolic OH excluding ortho intramolecular Hbond substituents is 1. The van der Waals surface area contributed by atoms with Crippen LogP contribution in [0.25, 0.3) is 0 Å². The number of carboxylic acids is 1. The number of aromatic carboxylic acids is 1. The molecule has 298 valence electrons. The number of para-hydroxylation sites is 1. The third-order valence-electron chi connectivity index (χ3n) is 11.5. The van der Waals surface area contributed by atoms with Crippen LogP contribution in [0.4, 0.5) is 24.7 Å². The Morgan fingerprint density at radius 3 is 2.38 bits per heavy atom. The number of carboxylic acid groups (broad SMARTS) is 1. The van der Waals surface area contributed by atoms with Crippen LogP contribution in [0, 0.1) is 23.7 Å². The second kappa shape index (κ2) is 14.2. The summed E-state index contributed by atoms with van der Waals surface area (Å²) >= 11 is 12.6. The maximum atomic E-state index is 15.4. The van der Waals surface area contributed by atoms with Crippen molar-refractivity contribution in [2.45, 2.75) is 37.3 Å². The summed E-state index contributed by atoms with van der Waals surface area (Å²) in [6.45, 7) is 1.87. The number of hydrazine groups is 1. The van der Waals surface area contributed by atoms with Crippen LogP contribution in [0.15, 0.2) is 90.6 Å². The highest BCUT2D eigenvalue weighted by molar-refractivity contribution is 6.33. The van der Waals surface area contributed by atoms with Gasteiger partial charge in [0.05, 0.1) is 51.6 Å². The van der Waals surface area contributed by atoms with Crippen LogP contribution in [0.3, 0.4) is 0 Å². The summed E-state index contributed by atoms with van der Waals surface area (Å²) in [5.41, 5.74) is 0.355. The largest absolute Gasteiger partial charge is 0.504 e. The Morgan fingerprint density at radius 1 is 0.983 bits per heavy atom. The number of carbonyl (C=O) groups is 5. The molecule has 2 saturated heterocycles. The number of phenols is 1. The number of anilines is 2. The van der Waals surface area contributed by atoms with Crippen LogP contribution < -0.4 is 15.1 Å². The van der Waals surface area contributed by atoms with Crippen LogP contribution in [0.1, 0.15) is 52.7 Å². The average Bonchev–Trinajstić information content (AvgIpc) is 3.57. The molecule has 17 heteroatoms. The van der Waals surface area contributed by atoms with Crippen molar-refractivity contribution in [3.05, 3.63) is 123 Å². The van der Waals surface area contributed by atoms with Gasteiger partial charge in [-0.15, -0.1) is 0 Å². The molecule has 3 aromatic carbocycles. The van der Waals surface area contributed by atoms with Gasteiger partial charge in [0.25, 0.3) is 11.8 Å². The van der Waals surface area contributed by atoms with Gasteiger partial charge in [0.1, 0.15) is 0 Å². The molecule has 6 atom stereocenters. The maximum Gasteiger partial charge on any atom is 0.417 e. The number of aromatic hydroxyl groups is 1. The molecular weight excluding hydrogens is 804 g/mol. The summed E-state index contributed by atoms with van der Waals surface area (Å²) in [4.78, 5) is 75.5. The molecule has 58 heavy (non-hydrogen) atoms. The van der Waals surface area contributed by atoms with E-state index in [1.165, 1.54) is 42.5 Å². The minimum Gasteiger partial charge on any atom is -0.504 e. The molecule has 4 amide bonds. The number of carbonyl (C=O) groups excluding carboxylic acids is 4. The van der Waals surface area contributed by atoms with Crippen molar-refractivity contribution >= 4 is 64.3 Å². The number of hydrogen-bond donors (Lipinski definition) is 3. The molecule has 4 aromatic rings. The standard InChI is InChI=1S/C41H31Cl2F3N4O8/c1-2-58-30-8-4-7-26(33(30)51)32-24-13-14-25-31(37(54)49(35(25)52)23-6-3-5-19(15-23)38(55)56)27(24)17-28-36(53)50(39(57)40(28,32)20-9-11-22(42)12-10-20)48-34-29(43)16-21(18-47-34)41(44,45)46/h3-13,15-16,18,25,27-28,31-32,51H,2,14,17H2,1H3,(H,47,48)(H,55,56)/t25-,27+,28-,31-,32+,40+/m0/s1. The Bertz CT molecular complexity index is 2460. The number of nitrogens with zero attached hydrogens (tertiary/aromatic N) is 3. The second-order valence-electron chi connectivity index (χ2n) is 14.4. The zero-order valence-electron chi connectivity index (χ0n) is 30.2. The molecule has 12 nitrogen and oxygen atoms in total. The molecular formula is C41H31Cl2F3N4O8. The average molecular weight is 836 g/mol. The molecule has 8 rings (SSSR count). The molecule has 1 aromatic heterocycles. The predicted octanol–water partition coefficient (Wildman–Crippen LogP) is 7.40. The summed E-state index contributed by atoms with van der Waals surface area (Å²) in [6.07, 6.45) is -2.68. The number of fused-ring (bicyclic) bond motifs is 4. The predicted molar refractivity (Wildman–Crippen MR) is 202 cm³/mol. The van der Waals surface area contributed by atoms with Gasteiger partial charge in [-0.3, -0.25) is 29.5 Å². The number of rotatable bonds is 8. The van der Waals surface area contributed by atoms with Gasteiger partial charge < -0.3 is 14.9 Å². The fraction of sp³-hybridized carbons (Fsp3) is 0.268. The van der Waals surface area contributed by atoms with E-state index in [0.717, 1.165) is 4.90 Å². The van der Waals surface area contributed by atoms with E-state index >= 15 is 4.79 Å². The Morgan fingerprint density at radius 2 is 1.71 bits per heavy atom. The monoisotopic (exact) mass is 834 g/mol. The van der Waals surface area contributed by atoms with Crippen LogP contribution in [-0.2, 0) is 30.8 Å². The summed E-state index contributed by atoms with van der Waals surface area (Å²) in [5, 5.41) is 22.0. The van der Waals surface area contributed by atoms with Crippen molar-refractivity contribution < 1.29 is 52.1 Å². The van der Waals surface area contributed by atoms with Gasteiger partial charge in [0.2, 0.25) is 11.8 Å². The SMILES string of the molecule is CCOc1cccc([C@H]2C3=CC[C@@H]4C(=O)N(c5cccc(C(=O)O)c5)C(=O)[C@@H]4[C@@H]3C[C@H]3C(=O)N(Nc4ncc(C(F)(F)F)cc4Cl)C(=O)[C@@]23c2ccc(Cl)cc2)c1O. The normalized spacial score (nSPS) is 25.3. The lowest BCUT2D eigenvalue weighted by Crippen LogP contribution is -2.53. The number of hydrogen-bond acceptors (Lipinski definition) is 9. The summed E-state index contributed by atoms with van der Waals surface area (Å²) in [6, 6.07) is 16.9. The molecule has 0 radical (unpaired) electrons. The third-order valence-corrected chi connectivity index (χ3v) is 12.1. The van der Waals surface area contributed by atoms with Gasteiger partial charge >= 0.3 is 12.1 Å². The van der Waals surface area contributed by atoms with E-state index < -0.39 is 87.2 Å². The van der Waals surface area contributed by atoms with Crippen LogP contribution >= 0.6 is 23.2 Å². The van der Waals surface area contributed by atoms with E-state index in [1.807, 2.05) is 0 Å². The highest BCUT2D eigenvalue weighted by Crippen LogP contribution is 2.65. The molecule has 3 fully saturated rings. The third kappa shape index (κ3) is 5.89. The molecule has 0 bridgehead atoms. The van der Waals surface area contributed by atoms with Crippen molar-refractivity contribution in [2.24, 2.45) is 23.7 Å². The second-order valence-corrected chi connectivity index (χ2v) is 15.3. The van der Waals surface area contributed by atoms with Crippen LogP contribution in [0.5, 0.6) is 11.5 Å². The number of amides is 4. The van der Waals surface area contributed by atoms with Crippen molar-refractivity contribution in [3.8, 4) is 11.5 Å². The lowest BCUT2D eigenvalue weighted by atomic mass is 9.49. The van der Waals surface area contributed by atoms with Gasteiger partial charge in [-0.2, -0.15) is 18.2 Å². The molecule has 4 aliphatic rings. The molecule has 2 aliphatic carbocycles. The number of nitrogens with one attached hydrogen (secondary N) is 1. The van der Waals surface area contributed by atoms with Gasteiger partial charge in [0, 0.05) is 22.7 Å². The van der Waals surface area contributed by atoms with E-state index in [4.69, 9.17) is 27.9 Å². The fourth-order valence-electron chi connectivity index (χ4n) is 9.20. The fourth-order valence-corrected chi connectivity index (χ4v) is 9.54. The first-order chi connectivity index (χ1) is 27.6. The lowest BCUT2D eigenvalue weighted by molar-refractivity contribution is -0.139. The quantitative estimate of drug-likeness (QED) is 0.120. The van der Waals surface area contributed by atoms with E-state index in [0.29, 0.717) is 33.4 Å². The number of benzene rings is 3. The topological polar surface area (TPSA) is 166 Å². The van der Waals surface area contributed by atoms with Crippen molar-refractivity contribution in [2.75, 3.05) is 16.9 Å². The van der Waals surface area contributed by atoms with Gasteiger partial charge in [-0.25, -0.2) is 9.78 Å².